The number of hydrogen-bond donors (Lipinski definition) is 1. The average Bonchev–Trinajstić information content (AvgIpc) is 2.92. The van der Waals surface area contributed by atoms with Crippen LogP contribution in [0.15, 0.2) is 24.3 Å². The molecular weight excluding hydrogens is 330 g/mol. The first-order valence-electron chi connectivity index (χ1n) is 7.75. The predicted octanol–water partition coefficient (Wildman–Crippen LogP) is 1.09. The van der Waals surface area contributed by atoms with Gasteiger partial charge in [0.25, 0.3) is 5.24 Å². The van der Waals surface area contributed by atoms with E-state index in [0.29, 0.717) is 13.1 Å². The van der Waals surface area contributed by atoms with Crippen LogP contribution in [0.3, 0.4) is 0 Å². The van der Waals surface area contributed by atoms with Crippen molar-refractivity contribution >= 4 is 34.5 Å². The van der Waals surface area contributed by atoms with Crippen LogP contribution in [0.1, 0.15) is 6.42 Å². The number of imide groups is 1. The van der Waals surface area contributed by atoms with Gasteiger partial charge in [-0.3, -0.25) is 19.7 Å². The van der Waals surface area contributed by atoms with E-state index in [9.17, 15) is 14.4 Å². The molecule has 0 spiro atoms. The van der Waals surface area contributed by atoms with Crippen LogP contribution < -0.4 is 15.0 Å². The molecular formula is C16H19N3O4S. The van der Waals surface area contributed by atoms with Crippen LogP contribution in [0.5, 0.6) is 5.75 Å². The first-order chi connectivity index (χ1) is 11.6. The number of carbonyl (C=O) groups is 3. The minimum Gasteiger partial charge on any atom is -0.497 e. The highest BCUT2D eigenvalue weighted by Gasteiger charge is 2.35. The molecule has 3 rings (SSSR count). The zero-order valence-corrected chi connectivity index (χ0v) is 14.2. The Morgan fingerprint density at radius 2 is 2.04 bits per heavy atom. The molecule has 0 bridgehead atoms. The molecule has 0 aliphatic carbocycles. The van der Waals surface area contributed by atoms with Gasteiger partial charge in [-0.2, -0.15) is 0 Å². The minimum absolute atomic E-state index is 0.0708. The first-order valence-corrected chi connectivity index (χ1v) is 8.63. The molecule has 0 radical (unpaired) electrons. The van der Waals surface area contributed by atoms with Gasteiger partial charge >= 0.3 is 0 Å². The molecule has 2 aliphatic heterocycles. The van der Waals surface area contributed by atoms with Crippen LogP contribution >= 0.6 is 11.8 Å². The summed E-state index contributed by atoms with van der Waals surface area (Å²) in [7, 11) is 1.64. The lowest BCUT2D eigenvalue weighted by Gasteiger charge is -2.36. The van der Waals surface area contributed by atoms with E-state index in [1.165, 1.54) is 0 Å². The number of piperazine rings is 1. The molecule has 8 heteroatoms. The predicted molar refractivity (Wildman–Crippen MR) is 91.3 cm³/mol. The molecule has 2 aliphatic rings. The van der Waals surface area contributed by atoms with E-state index in [1.54, 1.807) is 12.0 Å². The van der Waals surface area contributed by atoms with Gasteiger partial charge in [-0.1, -0.05) is 17.8 Å². The van der Waals surface area contributed by atoms with Gasteiger partial charge in [-0.25, -0.2) is 0 Å². The van der Waals surface area contributed by atoms with Gasteiger partial charge in [0.05, 0.1) is 7.11 Å². The Morgan fingerprint density at radius 1 is 1.29 bits per heavy atom. The Morgan fingerprint density at radius 3 is 2.67 bits per heavy atom. The summed E-state index contributed by atoms with van der Waals surface area (Å²) >= 11 is 0.896. The fourth-order valence-electron chi connectivity index (χ4n) is 2.84. The second kappa shape index (κ2) is 7.12. The lowest BCUT2D eigenvalue weighted by Crippen LogP contribution is -2.49. The molecule has 0 saturated carbocycles. The van der Waals surface area contributed by atoms with Gasteiger partial charge in [-0.15, -0.1) is 0 Å². The molecule has 1 aromatic carbocycles. The van der Waals surface area contributed by atoms with Crippen molar-refractivity contribution in [2.75, 3.05) is 38.2 Å². The molecule has 2 fully saturated rings. The van der Waals surface area contributed by atoms with Crippen LogP contribution in [0.25, 0.3) is 0 Å². The maximum atomic E-state index is 12.3. The van der Waals surface area contributed by atoms with Gasteiger partial charge in [0.15, 0.2) is 0 Å². The summed E-state index contributed by atoms with van der Waals surface area (Å²) in [6.07, 6.45) is 0.0708. The maximum Gasteiger partial charge on any atom is 0.286 e. The number of benzene rings is 1. The van der Waals surface area contributed by atoms with E-state index in [4.69, 9.17) is 4.74 Å². The van der Waals surface area contributed by atoms with Crippen LogP contribution in [0, 0.1) is 0 Å². The topological polar surface area (TPSA) is 79.0 Å². The summed E-state index contributed by atoms with van der Waals surface area (Å²) in [5.74, 6) is 0.357. The fraction of sp³-hybridized carbons (Fsp3) is 0.438. The highest BCUT2D eigenvalue weighted by molar-refractivity contribution is 8.15. The van der Waals surface area contributed by atoms with Gasteiger partial charge in [0.1, 0.15) is 11.0 Å². The Balaban J connectivity index is 1.53. The monoisotopic (exact) mass is 349 g/mol. The van der Waals surface area contributed by atoms with E-state index in [-0.39, 0.29) is 23.5 Å². The molecule has 1 aromatic rings. The Bertz CT molecular complexity index is 658. The molecule has 3 amide bonds. The summed E-state index contributed by atoms with van der Waals surface area (Å²) in [5.41, 5.74) is 1.07. The first kappa shape index (κ1) is 16.6. The highest BCUT2D eigenvalue weighted by atomic mass is 32.2. The lowest BCUT2D eigenvalue weighted by molar-refractivity contribution is -0.133. The molecule has 0 aromatic heterocycles. The van der Waals surface area contributed by atoms with Crippen molar-refractivity contribution in [3.05, 3.63) is 24.3 Å². The second-order valence-electron chi connectivity index (χ2n) is 5.66. The fourth-order valence-corrected chi connectivity index (χ4v) is 3.65. The molecule has 128 valence electrons. The third kappa shape index (κ3) is 3.64. The molecule has 24 heavy (non-hydrogen) atoms. The smallest absolute Gasteiger partial charge is 0.286 e. The third-order valence-electron chi connectivity index (χ3n) is 4.18. The molecule has 2 heterocycles. The summed E-state index contributed by atoms with van der Waals surface area (Å²) in [6.45, 7) is 2.65. The number of anilines is 1. The van der Waals surface area contributed by atoms with Crippen LogP contribution in [0.2, 0.25) is 0 Å². The number of hydrogen-bond acceptors (Lipinski definition) is 6. The van der Waals surface area contributed by atoms with Gasteiger partial charge in [0.2, 0.25) is 11.8 Å². The number of thioether (sulfide) groups is 1. The Hall–Kier alpha value is -2.22. The largest absolute Gasteiger partial charge is 0.497 e. The third-order valence-corrected chi connectivity index (χ3v) is 5.16. The standard InChI is InChI=1S/C16H19N3O4S/c1-23-12-4-2-3-11(9-12)18-5-7-19(8-6-18)14(20)10-13-15(21)17-16(22)24-13/h2-4,9,13H,5-8,10H2,1H3,(H,17,21,22)/t13-/m1/s1. The summed E-state index contributed by atoms with van der Waals surface area (Å²) in [6, 6.07) is 7.83. The van der Waals surface area contributed by atoms with Crippen molar-refractivity contribution in [3.8, 4) is 5.75 Å². The number of amides is 3. The maximum absolute atomic E-state index is 12.3. The summed E-state index contributed by atoms with van der Waals surface area (Å²) in [4.78, 5) is 39.0. The van der Waals surface area contributed by atoms with Gasteiger partial charge < -0.3 is 14.5 Å². The van der Waals surface area contributed by atoms with Crippen molar-refractivity contribution in [1.82, 2.24) is 10.2 Å². The highest BCUT2D eigenvalue weighted by Crippen LogP contribution is 2.24. The average molecular weight is 349 g/mol. The molecule has 2 saturated heterocycles. The Kier molecular flexibility index (Phi) is 4.94. The van der Waals surface area contributed by atoms with Crippen molar-refractivity contribution in [3.63, 3.8) is 0 Å². The van der Waals surface area contributed by atoms with Crippen LogP contribution in [-0.4, -0.2) is 60.5 Å². The Labute approximate surface area is 144 Å². The minimum atomic E-state index is -0.596. The van der Waals surface area contributed by atoms with Crippen molar-refractivity contribution < 1.29 is 19.1 Å². The number of nitrogens with one attached hydrogen (secondary N) is 1. The second-order valence-corrected chi connectivity index (χ2v) is 6.83. The van der Waals surface area contributed by atoms with E-state index in [0.717, 1.165) is 36.3 Å². The lowest BCUT2D eigenvalue weighted by atomic mass is 10.2. The number of methoxy groups -OCH3 is 1. The normalized spacial score (nSPS) is 21.0. The van der Waals surface area contributed by atoms with Crippen molar-refractivity contribution in [2.24, 2.45) is 0 Å². The summed E-state index contributed by atoms with van der Waals surface area (Å²) in [5, 5.41) is 1.24. The van der Waals surface area contributed by atoms with Gasteiger partial charge in [-0.05, 0) is 12.1 Å². The van der Waals surface area contributed by atoms with E-state index in [2.05, 4.69) is 10.2 Å². The number of rotatable bonds is 4. The molecule has 1 atom stereocenters. The summed E-state index contributed by atoms with van der Waals surface area (Å²) < 4.78 is 5.24. The van der Waals surface area contributed by atoms with Crippen molar-refractivity contribution in [2.45, 2.75) is 11.7 Å². The number of ether oxygens (including phenoxy) is 1. The zero-order valence-electron chi connectivity index (χ0n) is 13.4. The van der Waals surface area contributed by atoms with Gasteiger partial charge in [0, 0.05) is 44.4 Å². The molecule has 7 nitrogen and oxygen atoms in total. The van der Waals surface area contributed by atoms with E-state index >= 15 is 0 Å². The van der Waals surface area contributed by atoms with Crippen molar-refractivity contribution in [1.29, 1.82) is 0 Å². The number of nitrogens with zero attached hydrogens (tertiary/aromatic N) is 2. The van der Waals surface area contributed by atoms with E-state index in [1.807, 2.05) is 24.3 Å². The molecule has 1 N–H and O–H groups in total. The molecule has 0 unspecified atom stereocenters. The van der Waals surface area contributed by atoms with E-state index < -0.39 is 5.25 Å². The quantitative estimate of drug-likeness (QED) is 0.876. The number of carbonyl (C=O) groups excluding carboxylic acids is 3. The van der Waals surface area contributed by atoms with Crippen LogP contribution in [0.4, 0.5) is 10.5 Å². The van der Waals surface area contributed by atoms with Crippen LogP contribution in [-0.2, 0) is 9.59 Å². The zero-order chi connectivity index (χ0) is 17.1. The SMILES string of the molecule is COc1cccc(N2CCN(C(=O)C[C@H]3SC(=O)NC3=O)CC2)c1.